The molecule has 136 valence electrons. The van der Waals surface area contributed by atoms with Crippen LogP contribution < -0.4 is 0 Å². The lowest BCUT2D eigenvalue weighted by Crippen LogP contribution is -2.49. The summed E-state index contributed by atoms with van der Waals surface area (Å²) in [6.45, 7) is 2.21. The van der Waals surface area contributed by atoms with E-state index in [1.165, 1.54) is 32.1 Å². The summed E-state index contributed by atoms with van der Waals surface area (Å²) in [6.07, 6.45) is 15.1. The van der Waals surface area contributed by atoms with Crippen LogP contribution in [-0.4, -0.2) is 38.3 Å². The normalized spacial score (nSPS) is 13.6. The zero-order chi connectivity index (χ0) is 17.6. The fourth-order valence-electron chi connectivity index (χ4n) is 2.40. The zero-order valence-corrected chi connectivity index (χ0v) is 14.4. The number of allylic oxidation sites excluding steroid dienone is 2. The van der Waals surface area contributed by atoms with Gasteiger partial charge in [0.15, 0.2) is 0 Å². The van der Waals surface area contributed by atoms with E-state index in [1.807, 2.05) is 0 Å². The van der Waals surface area contributed by atoms with E-state index in [4.69, 9.17) is 15.3 Å². The van der Waals surface area contributed by atoms with Gasteiger partial charge in [-0.25, -0.2) is 4.79 Å². The lowest BCUT2D eigenvalue weighted by Gasteiger charge is -2.22. The third-order valence-electron chi connectivity index (χ3n) is 4.02. The molecule has 1 atom stereocenters. The second-order valence-electron chi connectivity index (χ2n) is 6.21. The summed E-state index contributed by atoms with van der Waals surface area (Å²) in [4.78, 5) is 10.5. The molecule has 23 heavy (non-hydrogen) atoms. The lowest BCUT2D eigenvalue weighted by molar-refractivity contribution is -0.237. The van der Waals surface area contributed by atoms with Crippen LogP contribution in [0.4, 0.5) is 0 Å². The Bertz CT molecular complexity index is 325. The van der Waals surface area contributed by atoms with Crippen molar-refractivity contribution >= 4 is 5.97 Å². The van der Waals surface area contributed by atoms with E-state index in [-0.39, 0.29) is 6.42 Å². The van der Waals surface area contributed by atoms with Crippen molar-refractivity contribution in [2.24, 2.45) is 0 Å². The highest BCUT2D eigenvalue weighted by atomic mass is 16.6. The van der Waals surface area contributed by atoms with Crippen LogP contribution in [0.5, 0.6) is 0 Å². The molecule has 0 aromatic carbocycles. The molecule has 0 aliphatic rings. The molecule has 0 aromatic rings. The minimum Gasteiger partial charge on any atom is -0.477 e. The summed E-state index contributed by atoms with van der Waals surface area (Å²) in [5.74, 6) is -4.85. The molecule has 0 rings (SSSR count). The van der Waals surface area contributed by atoms with Crippen molar-refractivity contribution in [3.05, 3.63) is 12.2 Å². The molecule has 0 radical (unpaired) electrons. The number of carboxylic acid groups (broad SMARTS) is 1. The SMILES string of the molecule is CCCCCC/C=C/CCCCCCCC(O)C(O)(O)C(=O)O. The first-order chi connectivity index (χ1) is 10.9. The second-order valence-corrected chi connectivity index (χ2v) is 6.21. The fourth-order valence-corrected chi connectivity index (χ4v) is 2.40. The predicted molar refractivity (Wildman–Crippen MR) is 91.0 cm³/mol. The molecular weight excluding hydrogens is 296 g/mol. The molecule has 0 aliphatic heterocycles. The fraction of sp³-hybridized carbons (Fsp3) is 0.833. The molecule has 0 bridgehead atoms. The Labute approximate surface area is 140 Å². The lowest BCUT2D eigenvalue weighted by atomic mass is 10.0. The molecule has 5 heteroatoms. The number of carboxylic acids is 1. The van der Waals surface area contributed by atoms with E-state index in [9.17, 15) is 9.90 Å². The van der Waals surface area contributed by atoms with E-state index in [1.54, 1.807) is 0 Å². The molecule has 0 saturated heterocycles. The Morgan fingerprint density at radius 3 is 1.91 bits per heavy atom. The van der Waals surface area contributed by atoms with E-state index in [0.29, 0.717) is 6.42 Å². The molecule has 0 saturated carbocycles. The van der Waals surface area contributed by atoms with Crippen molar-refractivity contribution in [1.82, 2.24) is 0 Å². The van der Waals surface area contributed by atoms with Crippen molar-refractivity contribution in [2.75, 3.05) is 0 Å². The minimum absolute atomic E-state index is 0.0803. The molecule has 0 amide bonds. The predicted octanol–water partition coefficient (Wildman–Crippen LogP) is 3.37. The van der Waals surface area contributed by atoms with Crippen LogP contribution >= 0.6 is 0 Å². The summed E-state index contributed by atoms with van der Waals surface area (Å²) in [5, 5.41) is 36.3. The van der Waals surface area contributed by atoms with Gasteiger partial charge in [0.05, 0.1) is 0 Å². The average Bonchev–Trinajstić information content (AvgIpc) is 2.51. The average molecular weight is 330 g/mol. The standard InChI is InChI=1S/C18H34O5/c1-2-3-4-5-6-7-8-9-10-11-12-13-14-15-16(19)18(22,23)17(20)21/h7-8,16,19,22-23H,2-6,9-15H2,1H3,(H,20,21)/b8-7+. The Kier molecular flexibility index (Phi) is 13.0. The number of unbranched alkanes of at least 4 members (excludes halogenated alkanes) is 9. The Balaban J connectivity index is 3.43. The monoisotopic (exact) mass is 330 g/mol. The molecule has 5 nitrogen and oxygen atoms in total. The van der Waals surface area contributed by atoms with E-state index < -0.39 is 17.9 Å². The van der Waals surface area contributed by atoms with Gasteiger partial charge in [-0.1, -0.05) is 64.0 Å². The maximum atomic E-state index is 10.5. The molecule has 0 aromatic heterocycles. The van der Waals surface area contributed by atoms with Crippen LogP contribution in [-0.2, 0) is 4.79 Å². The minimum atomic E-state index is -3.04. The van der Waals surface area contributed by atoms with Crippen LogP contribution in [0.3, 0.4) is 0 Å². The topological polar surface area (TPSA) is 98.0 Å². The van der Waals surface area contributed by atoms with Crippen molar-refractivity contribution < 1.29 is 25.2 Å². The second kappa shape index (κ2) is 13.5. The number of hydrogen-bond donors (Lipinski definition) is 4. The molecule has 1 unspecified atom stereocenters. The van der Waals surface area contributed by atoms with Crippen LogP contribution in [0.2, 0.25) is 0 Å². The van der Waals surface area contributed by atoms with Gasteiger partial charge in [0.2, 0.25) is 0 Å². The highest BCUT2D eigenvalue weighted by Gasteiger charge is 2.41. The maximum Gasteiger partial charge on any atom is 0.366 e. The first kappa shape index (κ1) is 22.1. The van der Waals surface area contributed by atoms with Gasteiger partial charge >= 0.3 is 5.97 Å². The van der Waals surface area contributed by atoms with Crippen molar-refractivity contribution in [3.8, 4) is 0 Å². The Hall–Kier alpha value is -0.910. The van der Waals surface area contributed by atoms with Crippen LogP contribution in [0.25, 0.3) is 0 Å². The van der Waals surface area contributed by atoms with Crippen molar-refractivity contribution in [3.63, 3.8) is 0 Å². The highest BCUT2D eigenvalue weighted by Crippen LogP contribution is 2.15. The third-order valence-corrected chi connectivity index (χ3v) is 4.02. The number of carbonyl (C=O) groups is 1. The van der Waals surface area contributed by atoms with Gasteiger partial charge in [-0.05, 0) is 32.1 Å². The number of rotatable bonds is 15. The van der Waals surface area contributed by atoms with Gasteiger partial charge < -0.3 is 20.4 Å². The molecule has 0 spiro atoms. The quantitative estimate of drug-likeness (QED) is 0.210. The molecule has 0 heterocycles. The van der Waals surface area contributed by atoms with Crippen LogP contribution in [0.1, 0.15) is 84.0 Å². The smallest absolute Gasteiger partial charge is 0.366 e. The summed E-state index contributed by atoms with van der Waals surface area (Å²) >= 11 is 0. The van der Waals surface area contributed by atoms with Gasteiger partial charge in [0, 0.05) is 0 Å². The van der Waals surface area contributed by atoms with E-state index in [2.05, 4.69) is 19.1 Å². The number of aliphatic hydroxyl groups excluding tert-OH is 1. The van der Waals surface area contributed by atoms with Crippen molar-refractivity contribution in [2.45, 2.75) is 95.9 Å². The van der Waals surface area contributed by atoms with Gasteiger partial charge in [-0.3, -0.25) is 0 Å². The van der Waals surface area contributed by atoms with Gasteiger partial charge in [-0.15, -0.1) is 0 Å². The van der Waals surface area contributed by atoms with Gasteiger partial charge in [0.25, 0.3) is 5.79 Å². The van der Waals surface area contributed by atoms with Crippen LogP contribution in [0.15, 0.2) is 12.2 Å². The summed E-state index contributed by atoms with van der Waals surface area (Å²) < 4.78 is 0. The summed E-state index contributed by atoms with van der Waals surface area (Å²) in [6, 6.07) is 0. The highest BCUT2D eigenvalue weighted by molar-refractivity contribution is 5.75. The summed E-state index contributed by atoms with van der Waals surface area (Å²) in [7, 11) is 0. The first-order valence-corrected chi connectivity index (χ1v) is 8.94. The third kappa shape index (κ3) is 11.3. The van der Waals surface area contributed by atoms with E-state index in [0.717, 1.165) is 32.1 Å². The Morgan fingerprint density at radius 2 is 1.39 bits per heavy atom. The molecule has 0 aliphatic carbocycles. The number of aliphatic carboxylic acids is 1. The largest absolute Gasteiger partial charge is 0.477 e. The van der Waals surface area contributed by atoms with Crippen molar-refractivity contribution in [1.29, 1.82) is 0 Å². The maximum absolute atomic E-state index is 10.5. The molecular formula is C18H34O5. The molecule has 4 N–H and O–H groups in total. The first-order valence-electron chi connectivity index (χ1n) is 8.94. The number of hydrogen-bond acceptors (Lipinski definition) is 4. The van der Waals surface area contributed by atoms with Gasteiger partial charge in [-0.2, -0.15) is 0 Å². The Morgan fingerprint density at radius 1 is 0.913 bits per heavy atom. The number of aliphatic hydroxyl groups is 3. The van der Waals surface area contributed by atoms with Crippen LogP contribution in [0, 0.1) is 0 Å². The van der Waals surface area contributed by atoms with Gasteiger partial charge in [0.1, 0.15) is 6.10 Å². The summed E-state index contributed by atoms with van der Waals surface area (Å²) in [5.41, 5.74) is 0. The van der Waals surface area contributed by atoms with E-state index >= 15 is 0 Å². The molecule has 0 fully saturated rings. The zero-order valence-electron chi connectivity index (χ0n) is 14.4.